The van der Waals surface area contributed by atoms with Crippen molar-refractivity contribution in [2.45, 2.75) is 11.1 Å². The number of rotatable bonds is 3. The molecule has 21 heavy (non-hydrogen) atoms. The van der Waals surface area contributed by atoms with E-state index >= 15 is 0 Å². The third kappa shape index (κ3) is 4.89. The standard InChI is InChI=1S/C12H12ClF3N2O2S/c1-18(8-12(14,15)16)21(19,20)11-5-4-9(3-2-6-17)7-10(11)13/h4-5,7H,6,8,17H2,1H3. The molecule has 0 fully saturated rings. The molecular formula is C12H12ClF3N2O2S. The van der Waals surface area contributed by atoms with Crippen molar-refractivity contribution in [1.29, 1.82) is 0 Å². The van der Waals surface area contributed by atoms with Gasteiger partial charge in [0.1, 0.15) is 11.4 Å². The van der Waals surface area contributed by atoms with Crippen LogP contribution in [0, 0.1) is 11.8 Å². The van der Waals surface area contributed by atoms with E-state index in [1.54, 1.807) is 0 Å². The molecule has 9 heteroatoms. The minimum atomic E-state index is -4.64. The lowest BCUT2D eigenvalue weighted by Gasteiger charge is -2.19. The van der Waals surface area contributed by atoms with E-state index in [0.29, 0.717) is 5.56 Å². The molecule has 1 aromatic rings. The van der Waals surface area contributed by atoms with Crippen LogP contribution < -0.4 is 5.73 Å². The van der Waals surface area contributed by atoms with Crippen LogP contribution in [0.5, 0.6) is 0 Å². The van der Waals surface area contributed by atoms with E-state index in [1.165, 1.54) is 12.1 Å². The Morgan fingerprint density at radius 1 is 1.38 bits per heavy atom. The summed E-state index contributed by atoms with van der Waals surface area (Å²) in [7, 11) is -3.50. The van der Waals surface area contributed by atoms with Crippen molar-refractivity contribution in [3.63, 3.8) is 0 Å². The van der Waals surface area contributed by atoms with Crippen LogP contribution in [0.15, 0.2) is 23.1 Å². The summed E-state index contributed by atoms with van der Waals surface area (Å²) in [6, 6.07) is 3.73. The van der Waals surface area contributed by atoms with Crippen LogP contribution in [0.3, 0.4) is 0 Å². The highest BCUT2D eigenvalue weighted by molar-refractivity contribution is 7.89. The van der Waals surface area contributed by atoms with E-state index in [0.717, 1.165) is 13.1 Å². The molecule has 0 heterocycles. The Labute approximate surface area is 125 Å². The molecule has 1 aromatic carbocycles. The maximum absolute atomic E-state index is 12.3. The molecule has 0 bridgehead atoms. The summed E-state index contributed by atoms with van der Waals surface area (Å²) >= 11 is 5.82. The van der Waals surface area contributed by atoms with E-state index < -0.39 is 27.6 Å². The Morgan fingerprint density at radius 2 is 2.00 bits per heavy atom. The fourth-order valence-electron chi connectivity index (χ4n) is 1.45. The molecule has 0 aliphatic carbocycles. The van der Waals surface area contributed by atoms with Gasteiger partial charge >= 0.3 is 6.18 Å². The van der Waals surface area contributed by atoms with Crippen molar-refractivity contribution < 1.29 is 21.6 Å². The molecule has 0 unspecified atom stereocenters. The monoisotopic (exact) mass is 340 g/mol. The van der Waals surface area contributed by atoms with Gasteiger partial charge in [0.15, 0.2) is 0 Å². The van der Waals surface area contributed by atoms with Crippen LogP contribution in [0.1, 0.15) is 5.56 Å². The second-order valence-electron chi connectivity index (χ2n) is 4.03. The first-order valence-corrected chi connectivity index (χ1v) is 7.41. The van der Waals surface area contributed by atoms with Crippen molar-refractivity contribution in [2.75, 3.05) is 20.1 Å². The summed E-state index contributed by atoms with van der Waals surface area (Å²) in [6.45, 7) is -1.48. The largest absolute Gasteiger partial charge is 0.402 e. The molecule has 2 N–H and O–H groups in total. The Kier molecular flexibility index (Phi) is 5.64. The molecule has 0 aromatic heterocycles. The van der Waals surface area contributed by atoms with E-state index in [1.807, 2.05) is 0 Å². The van der Waals surface area contributed by atoms with Gasteiger partial charge in [-0.1, -0.05) is 23.4 Å². The van der Waals surface area contributed by atoms with Gasteiger partial charge in [-0.25, -0.2) is 8.42 Å². The molecule has 1 rings (SSSR count). The van der Waals surface area contributed by atoms with Crippen molar-refractivity contribution in [1.82, 2.24) is 4.31 Å². The molecule has 0 saturated carbocycles. The lowest BCUT2D eigenvalue weighted by atomic mass is 10.2. The normalized spacial score (nSPS) is 12.1. The van der Waals surface area contributed by atoms with Gasteiger partial charge in [-0.3, -0.25) is 0 Å². The van der Waals surface area contributed by atoms with Gasteiger partial charge in [-0.15, -0.1) is 0 Å². The predicted molar refractivity (Wildman–Crippen MR) is 73.3 cm³/mol. The summed E-state index contributed by atoms with van der Waals surface area (Å²) in [5.41, 5.74) is 5.62. The first-order valence-electron chi connectivity index (χ1n) is 5.59. The zero-order chi connectivity index (χ0) is 16.3. The van der Waals surface area contributed by atoms with Crippen LogP contribution in [0.4, 0.5) is 13.2 Å². The molecule has 116 valence electrons. The van der Waals surface area contributed by atoms with Crippen molar-refractivity contribution in [2.24, 2.45) is 5.73 Å². The SMILES string of the molecule is CN(CC(F)(F)F)S(=O)(=O)c1ccc(C#CCN)cc1Cl. The van der Waals surface area contributed by atoms with Crippen LogP contribution >= 0.6 is 11.6 Å². The van der Waals surface area contributed by atoms with Crippen LogP contribution in [-0.2, 0) is 10.0 Å². The van der Waals surface area contributed by atoms with Crippen LogP contribution in [0.2, 0.25) is 5.02 Å². The number of hydrogen-bond donors (Lipinski definition) is 1. The minimum Gasteiger partial charge on any atom is -0.320 e. The zero-order valence-corrected chi connectivity index (χ0v) is 12.5. The third-order valence-electron chi connectivity index (χ3n) is 2.36. The minimum absolute atomic E-state index is 0.117. The molecule has 0 saturated heterocycles. The lowest BCUT2D eigenvalue weighted by Crippen LogP contribution is -2.35. The number of alkyl halides is 3. The highest BCUT2D eigenvalue weighted by atomic mass is 35.5. The number of sulfonamides is 1. The quantitative estimate of drug-likeness (QED) is 0.854. The second kappa shape index (κ2) is 6.66. The average molecular weight is 341 g/mol. The van der Waals surface area contributed by atoms with E-state index in [-0.39, 0.29) is 15.9 Å². The van der Waals surface area contributed by atoms with E-state index in [4.69, 9.17) is 17.3 Å². The molecule has 4 nitrogen and oxygen atoms in total. The smallest absolute Gasteiger partial charge is 0.320 e. The van der Waals surface area contributed by atoms with Crippen LogP contribution in [0.25, 0.3) is 0 Å². The Balaban J connectivity index is 3.15. The van der Waals surface area contributed by atoms with Crippen molar-refractivity contribution >= 4 is 21.6 Å². The highest BCUT2D eigenvalue weighted by Gasteiger charge is 2.35. The molecule has 0 atom stereocenters. The van der Waals surface area contributed by atoms with Gasteiger partial charge in [0.05, 0.1) is 11.6 Å². The topological polar surface area (TPSA) is 63.4 Å². The number of hydrogen-bond acceptors (Lipinski definition) is 3. The van der Waals surface area contributed by atoms with Gasteiger partial charge in [-0.05, 0) is 18.2 Å². The second-order valence-corrected chi connectivity index (χ2v) is 6.45. The first-order chi connectivity index (χ1) is 9.58. The maximum Gasteiger partial charge on any atom is 0.402 e. The zero-order valence-electron chi connectivity index (χ0n) is 10.9. The fourth-order valence-corrected chi connectivity index (χ4v) is 3.12. The fraction of sp³-hybridized carbons (Fsp3) is 0.333. The molecule has 0 aliphatic heterocycles. The predicted octanol–water partition coefficient (Wildman–Crippen LogP) is 1.83. The summed E-state index contributed by atoms with van der Waals surface area (Å²) < 4.78 is 61.1. The summed E-state index contributed by atoms with van der Waals surface area (Å²) in [4.78, 5) is -0.408. The van der Waals surface area contributed by atoms with Gasteiger partial charge in [0, 0.05) is 12.6 Å². The number of benzene rings is 1. The highest BCUT2D eigenvalue weighted by Crippen LogP contribution is 2.27. The Hall–Kier alpha value is -1.27. The number of nitrogens with two attached hydrogens (primary N) is 1. The summed E-state index contributed by atoms with van der Waals surface area (Å²) in [5, 5.41) is -0.201. The number of nitrogens with zero attached hydrogens (tertiary/aromatic N) is 1. The molecule has 0 radical (unpaired) electrons. The van der Waals surface area contributed by atoms with Gasteiger partial charge in [0.25, 0.3) is 0 Å². The van der Waals surface area contributed by atoms with Gasteiger partial charge < -0.3 is 5.73 Å². The van der Waals surface area contributed by atoms with Crippen molar-refractivity contribution in [3.8, 4) is 11.8 Å². The van der Waals surface area contributed by atoms with E-state index in [9.17, 15) is 21.6 Å². The summed E-state index contributed by atoms with van der Waals surface area (Å²) in [5.74, 6) is 5.20. The van der Waals surface area contributed by atoms with Crippen molar-refractivity contribution in [3.05, 3.63) is 28.8 Å². The molecule has 0 aliphatic rings. The molecular weight excluding hydrogens is 329 g/mol. The Bertz CT molecular complexity index is 678. The average Bonchev–Trinajstić information content (AvgIpc) is 2.34. The molecule has 0 amide bonds. The third-order valence-corrected chi connectivity index (χ3v) is 4.64. The van der Waals surface area contributed by atoms with Crippen LogP contribution in [-0.4, -0.2) is 39.0 Å². The summed E-state index contributed by atoms with van der Waals surface area (Å²) in [6.07, 6.45) is -4.64. The Morgan fingerprint density at radius 3 is 2.48 bits per heavy atom. The van der Waals surface area contributed by atoms with E-state index in [2.05, 4.69) is 11.8 Å². The lowest BCUT2D eigenvalue weighted by molar-refractivity contribution is -0.134. The first kappa shape index (κ1) is 17.8. The molecule has 0 spiro atoms. The maximum atomic E-state index is 12.3. The van der Waals surface area contributed by atoms with Gasteiger partial charge in [0.2, 0.25) is 10.0 Å². The number of halogens is 4. The van der Waals surface area contributed by atoms with Gasteiger partial charge in [-0.2, -0.15) is 17.5 Å².